The number of benzene rings is 1. The molecular formula is C16H21ClIN3. The number of rotatable bonds is 7. The van der Waals surface area contributed by atoms with Crippen molar-refractivity contribution in [1.82, 2.24) is 15.1 Å². The van der Waals surface area contributed by atoms with Crippen LogP contribution >= 0.6 is 34.2 Å². The molecule has 0 radical (unpaired) electrons. The van der Waals surface area contributed by atoms with Crippen LogP contribution in [0.15, 0.2) is 30.5 Å². The van der Waals surface area contributed by atoms with Crippen LogP contribution in [0.4, 0.5) is 0 Å². The molecule has 0 fully saturated rings. The van der Waals surface area contributed by atoms with Crippen LogP contribution in [0.2, 0.25) is 5.02 Å². The Labute approximate surface area is 145 Å². The maximum absolute atomic E-state index is 6.20. The van der Waals surface area contributed by atoms with Crippen LogP contribution in [0.25, 0.3) is 0 Å². The maximum Gasteiger partial charge on any atom is 0.0759 e. The summed E-state index contributed by atoms with van der Waals surface area (Å²) in [6, 6.07) is 8.29. The Morgan fingerprint density at radius 3 is 2.81 bits per heavy atom. The smallest absolute Gasteiger partial charge is 0.0759 e. The van der Waals surface area contributed by atoms with Gasteiger partial charge in [-0.15, -0.1) is 0 Å². The Morgan fingerprint density at radius 2 is 2.10 bits per heavy atom. The molecule has 0 spiro atoms. The molecule has 5 heteroatoms. The molecule has 1 atom stereocenters. The first-order valence-electron chi connectivity index (χ1n) is 7.37. The summed E-state index contributed by atoms with van der Waals surface area (Å²) in [5.74, 6) is 0. The standard InChI is InChI=1S/C16H21ClIN3/c1-3-8-19-16(13-11-12(17)5-6-14(13)18)15-7-9-20-21(15)10-4-2/h5-7,9,11,16,19H,3-4,8,10H2,1-2H3. The Morgan fingerprint density at radius 1 is 1.29 bits per heavy atom. The average Bonchev–Trinajstić information content (AvgIpc) is 2.92. The van der Waals surface area contributed by atoms with Gasteiger partial charge in [-0.25, -0.2) is 0 Å². The highest BCUT2D eigenvalue weighted by Gasteiger charge is 2.20. The molecule has 1 N–H and O–H groups in total. The fourth-order valence-electron chi connectivity index (χ4n) is 2.39. The molecule has 0 bridgehead atoms. The molecule has 21 heavy (non-hydrogen) atoms. The van der Waals surface area contributed by atoms with Crippen molar-refractivity contribution in [2.45, 2.75) is 39.3 Å². The Balaban J connectivity index is 2.42. The maximum atomic E-state index is 6.20. The van der Waals surface area contributed by atoms with E-state index in [1.54, 1.807) is 0 Å². The van der Waals surface area contributed by atoms with Gasteiger partial charge in [0.1, 0.15) is 0 Å². The second-order valence-corrected chi connectivity index (χ2v) is 6.63. The minimum atomic E-state index is 0.129. The zero-order valence-corrected chi connectivity index (χ0v) is 15.4. The normalized spacial score (nSPS) is 12.6. The molecule has 1 aromatic heterocycles. The number of hydrogen-bond donors (Lipinski definition) is 1. The number of nitrogens with one attached hydrogen (secondary N) is 1. The fraction of sp³-hybridized carbons (Fsp3) is 0.438. The Hall–Kier alpha value is -0.590. The van der Waals surface area contributed by atoms with Gasteiger partial charge in [0.25, 0.3) is 0 Å². The third-order valence-corrected chi connectivity index (χ3v) is 4.57. The van der Waals surface area contributed by atoms with Gasteiger partial charge in [0.05, 0.1) is 11.7 Å². The molecule has 0 aliphatic heterocycles. The molecule has 1 aromatic carbocycles. The van der Waals surface area contributed by atoms with Gasteiger partial charge < -0.3 is 5.32 Å². The Bertz CT molecular complexity index is 583. The summed E-state index contributed by atoms with van der Waals surface area (Å²) >= 11 is 8.58. The molecule has 0 saturated heterocycles. The van der Waals surface area contributed by atoms with E-state index in [1.807, 2.05) is 12.3 Å². The van der Waals surface area contributed by atoms with E-state index in [0.717, 1.165) is 31.0 Å². The zero-order chi connectivity index (χ0) is 15.2. The molecule has 3 nitrogen and oxygen atoms in total. The lowest BCUT2D eigenvalue weighted by Crippen LogP contribution is -2.26. The summed E-state index contributed by atoms with van der Waals surface area (Å²) in [5.41, 5.74) is 2.42. The lowest BCUT2D eigenvalue weighted by atomic mass is 10.0. The average molecular weight is 418 g/mol. The number of aryl methyl sites for hydroxylation is 1. The van der Waals surface area contributed by atoms with E-state index in [2.05, 4.69) is 69.7 Å². The van der Waals surface area contributed by atoms with Crippen LogP contribution < -0.4 is 5.32 Å². The molecule has 0 amide bonds. The van der Waals surface area contributed by atoms with E-state index >= 15 is 0 Å². The van der Waals surface area contributed by atoms with Crippen LogP contribution in [-0.4, -0.2) is 16.3 Å². The van der Waals surface area contributed by atoms with Gasteiger partial charge in [0.2, 0.25) is 0 Å². The molecule has 114 valence electrons. The minimum absolute atomic E-state index is 0.129. The van der Waals surface area contributed by atoms with Gasteiger partial charge >= 0.3 is 0 Å². The van der Waals surface area contributed by atoms with Gasteiger partial charge in [-0.3, -0.25) is 4.68 Å². The van der Waals surface area contributed by atoms with Gasteiger partial charge in [-0.05, 0) is 71.8 Å². The van der Waals surface area contributed by atoms with Crippen molar-refractivity contribution in [1.29, 1.82) is 0 Å². The molecule has 1 heterocycles. The van der Waals surface area contributed by atoms with Crippen LogP contribution in [0.1, 0.15) is 44.0 Å². The quantitative estimate of drug-likeness (QED) is 0.665. The third-order valence-electron chi connectivity index (χ3n) is 3.35. The second-order valence-electron chi connectivity index (χ2n) is 5.03. The molecule has 1 unspecified atom stereocenters. The van der Waals surface area contributed by atoms with Gasteiger partial charge in [-0.2, -0.15) is 5.10 Å². The fourth-order valence-corrected chi connectivity index (χ4v) is 3.21. The molecule has 0 aliphatic rings. The van der Waals surface area contributed by atoms with Gasteiger partial charge in [0, 0.05) is 21.3 Å². The first-order chi connectivity index (χ1) is 10.2. The minimum Gasteiger partial charge on any atom is -0.305 e. The topological polar surface area (TPSA) is 29.9 Å². The van der Waals surface area contributed by atoms with Gasteiger partial charge in [0.15, 0.2) is 0 Å². The summed E-state index contributed by atoms with van der Waals surface area (Å²) in [4.78, 5) is 0. The van der Waals surface area contributed by atoms with Crippen LogP contribution in [0.5, 0.6) is 0 Å². The highest BCUT2D eigenvalue weighted by Crippen LogP contribution is 2.29. The van der Waals surface area contributed by atoms with Gasteiger partial charge in [-0.1, -0.05) is 25.4 Å². The largest absolute Gasteiger partial charge is 0.305 e. The number of hydrogen-bond acceptors (Lipinski definition) is 2. The first kappa shape index (κ1) is 16.8. The first-order valence-corrected chi connectivity index (χ1v) is 8.83. The van der Waals surface area contributed by atoms with Crippen LogP contribution in [0, 0.1) is 3.57 Å². The van der Waals surface area contributed by atoms with E-state index in [0.29, 0.717) is 0 Å². The molecule has 0 aliphatic carbocycles. The Kier molecular flexibility index (Phi) is 6.51. The zero-order valence-electron chi connectivity index (χ0n) is 12.4. The number of aromatic nitrogens is 2. The summed E-state index contributed by atoms with van der Waals surface area (Å²) in [6.07, 6.45) is 4.04. The lowest BCUT2D eigenvalue weighted by Gasteiger charge is -2.22. The second kappa shape index (κ2) is 8.15. The predicted octanol–water partition coefficient (Wildman–Crippen LogP) is 4.64. The predicted molar refractivity (Wildman–Crippen MR) is 96.8 cm³/mol. The summed E-state index contributed by atoms with van der Waals surface area (Å²) in [7, 11) is 0. The third kappa shape index (κ3) is 4.20. The SMILES string of the molecule is CCCNC(c1cc(Cl)ccc1I)c1ccnn1CCC. The van der Waals surface area contributed by atoms with Crippen molar-refractivity contribution in [3.63, 3.8) is 0 Å². The van der Waals surface area contributed by atoms with Crippen molar-refractivity contribution >= 4 is 34.2 Å². The van der Waals surface area contributed by atoms with E-state index in [9.17, 15) is 0 Å². The van der Waals surface area contributed by atoms with E-state index in [1.165, 1.54) is 14.8 Å². The van der Waals surface area contributed by atoms with E-state index in [4.69, 9.17) is 11.6 Å². The summed E-state index contributed by atoms with van der Waals surface area (Å²) in [6.45, 7) is 6.24. The van der Waals surface area contributed by atoms with E-state index in [-0.39, 0.29) is 6.04 Å². The van der Waals surface area contributed by atoms with Crippen molar-refractivity contribution in [2.24, 2.45) is 0 Å². The summed E-state index contributed by atoms with van der Waals surface area (Å²) < 4.78 is 3.31. The number of nitrogens with zero attached hydrogens (tertiary/aromatic N) is 2. The van der Waals surface area contributed by atoms with Crippen molar-refractivity contribution in [3.05, 3.63) is 50.3 Å². The summed E-state index contributed by atoms with van der Waals surface area (Å²) in [5, 5.41) is 8.86. The van der Waals surface area contributed by atoms with Crippen molar-refractivity contribution in [2.75, 3.05) is 6.54 Å². The highest BCUT2D eigenvalue weighted by atomic mass is 127. The van der Waals surface area contributed by atoms with Crippen LogP contribution in [-0.2, 0) is 6.54 Å². The monoisotopic (exact) mass is 417 g/mol. The van der Waals surface area contributed by atoms with Crippen molar-refractivity contribution in [3.8, 4) is 0 Å². The lowest BCUT2D eigenvalue weighted by molar-refractivity contribution is 0.510. The van der Waals surface area contributed by atoms with Crippen molar-refractivity contribution < 1.29 is 0 Å². The van der Waals surface area contributed by atoms with Crippen LogP contribution in [0.3, 0.4) is 0 Å². The number of halogens is 2. The molecule has 0 saturated carbocycles. The molecule has 2 aromatic rings. The molecular weight excluding hydrogens is 397 g/mol. The van der Waals surface area contributed by atoms with E-state index < -0.39 is 0 Å². The molecule has 2 rings (SSSR count). The highest BCUT2D eigenvalue weighted by molar-refractivity contribution is 14.1.